The number of hydrogen-bond acceptors (Lipinski definition) is 3. The lowest BCUT2D eigenvalue weighted by molar-refractivity contribution is 0.633. The Kier molecular flexibility index (Phi) is 4.22. The Morgan fingerprint density at radius 1 is 0.767 bits per heavy atom. The molecule has 1 N–H and O–H groups in total. The van der Waals surface area contributed by atoms with Crippen LogP contribution in [0.25, 0.3) is 27.4 Å². The summed E-state index contributed by atoms with van der Waals surface area (Å²) in [6.45, 7) is 14.5. The van der Waals surface area contributed by atoms with Crippen LogP contribution >= 0.6 is 0 Å². The van der Waals surface area contributed by atoms with E-state index in [4.69, 9.17) is 0 Å². The first-order valence-electron chi connectivity index (χ1n) is 15.8. The number of aryl methyl sites for hydroxylation is 1. The van der Waals surface area contributed by atoms with Crippen molar-refractivity contribution in [3.63, 3.8) is 0 Å². The largest absolute Gasteiger partial charge is 0.346 e. The van der Waals surface area contributed by atoms with Gasteiger partial charge in [-0.25, -0.2) is 0 Å². The lowest BCUT2D eigenvalue weighted by Crippen LogP contribution is -2.64. The summed E-state index contributed by atoms with van der Waals surface area (Å²) in [6.07, 6.45) is -0.0280. The van der Waals surface area contributed by atoms with Crippen molar-refractivity contribution in [2.45, 2.75) is 53.2 Å². The second-order valence-corrected chi connectivity index (χ2v) is 14.1. The van der Waals surface area contributed by atoms with Crippen molar-refractivity contribution in [1.29, 1.82) is 0 Å². The molecule has 0 bridgehead atoms. The van der Waals surface area contributed by atoms with E-state index in [1.165, 1.54) is 94.6 Å². The molecule has 1 unspecified atom stereocenters. The fourth-order valence-electron chi connectivity index (χ4n) is 9.43. The number of hydrogen-bond donors (Lipinski definition) is 1. The van der Waals surface area contributed by atoms with Gasteiger partial charge in [0.1, 0.15) is 0 Å². The van der Waals surface area contributed by atoms with Crippen LogP contribution in [0.2, 0.25) is 0 Å². The van der Waals surface area contributed by atoms with Crippen LogP contribution in [0.15, 0.2) is 84.6 Å². The topological polar surface area (TPSA) is 18.5 Å². The predicted octanol–water partition coefficient (Wildman–Crippen LogP) is 7.97. The Labute approximate surface area is 253 Å². The summed E-state index contributed by atoms with van der Waals surface area (Å²) < 4.78 is 0. The number of anilines is 4. The van der Waals surface area contributed by atoms with E-state index in [1.54, 1.807) is 0 Å². The average molecular weight is 556 g/mol. The number of allylic oxidation sites excluding steroid dienone is 1. The van der Waals surface area contributed by atoms with E-state index in [2.05, 4.69) is 136 Å². The predicted molar refractivity (Wildman–Crippen MR) is 183 cm³/mol. The van der Waals surface area contributed by atoms with Crippen LogP contribution in [0.3, 0.4) is 0 Å². The highest BCUT2D eigenvalue weighted by atomic mass is 15.5. The highest BCUT2D eigenvalue weighted by Crippen LogP contribution is 2.58. The van der Waals surface area contributed by atoms with Crippen LogP contribution in [0.1, 0.15) is 55.5 Å². The Hall–Kier alpha value is -4.44. The van der Waals surface area contributed by atoms with Gasteiger partial charge >= 0.3 is 0 Å². The van der Waals surface area contributed by atoms with Crippen molar-refractivity contribution in [3.8, 4) is 11.1 Å². The Morgan fingerprint density at radius 3 is 2.33 bits per heavy atom. The molecule has 0 saturated carbocycles. The van der Waals surface area contributed by atoms with Crippen LogP contribution in [0.4, 0.5) is 22.7 Å². The second kappa shape index (κ2) is 7.55. The Bertz CT molecular complexity index is 2170. The molecule has 1 atom stereocenters. The van der Waals surface area contributed by atoms with Gasteiger partial charge in [0.05, 0.1) is 22.7 Å². The zero-order valence-electron chi connectivity index (χ0n) is 25.6. The Morgan fingerprint density at radius 2 is 1.51 bits per heavy atom. The third-order valence-electron chi connectivity index (χ3n) is 11.3. The van der Waals surface area contributed by atoms with Gasteiger partial charge in [-0.3, -0.25) is 0 Å². The van der Waals surface area contributed by atoms with Crippen LogP contribution in [-0.4, -0.2) is 13.0 Å². The summed E-state index contributed by atoms with van der Waals surface area (Å²) >= 11 is 0. The molecule has 0 aromatic heterocycles. The van der Waals surface area contributed by atoms with Crippen molar-refractivity contribution in [1.82, 2.24) is 0 Å². The molecule has 208 valence electrons. The van der Waals surface area contributed by atoms with Crippen LogP contribution < -0.4 is 26.0 Å². The zero-order valence-corrected chi connectivity index (χ0v) is 25.6. The van der Waals surface area contributed by atoms with Gasteiger partial charge in [-0.2, -0.15) is 0 Å². The van der Waals surface area contributed by atoms with E-state index in [1.807, 2.05) is 0 Å². The average Bonchev–Trinajstić information content (AvgIpc) is 3.39. The molecule has 0 spiro atoms. The molecular weight excluding hydrogens is 521 g/mol. The Balaban J connectivity index is 1.46. The molecule has 43 heavy (non-hydrogen) atoms. The molecule has 5 aliphatic heterocycles. The van der Waals surface area contributed by atoms with Gasteiger partial charge in [0.15, 0.2) is 6.29 Å². The molecule has 5 aromatic carbocycles. The fourth-order valence-corrected chi connectivity index (χ4v) is 9.43. The van der Waals surface area contributed by atoms with Crippen molar-refractivity contribution in [2.75, 3.05) is 15.1 Å². The molecule has 0 radical (unpaired) electrons. The molecule has 0 aliphatic carbocycles. The van der Waals surface area contributed by atoms with Gasteiger partial charge in [0.25, 0.3) is 0 Å². The maximum atomic E-state index is 4.03. The standard InChI is InChI=1S/C39H34BN3/c1-20(2)35-33-26-13-8-7-12-24(26)25-14-11-15-27-32(25)40(33)34-28(39(27,5)6)19-23-18-21(3)22(4)36-31(23)37(34)43(35)38-41-29-16-9-10-17-30(29)42(36)38/h7-20,38,41H,1-6H3. The summed E-state index contributed by atoms with van der Waals surface area (Å²) in [5.41, 5.74) is 21.0. The van der Waals surface area contributed by atoms with Crippen LogP contribution in [0, 0.1) is 19.8 Å². The third-order valence-corrected chi connectivity index (χ3v) is 11.3. The maximum Gasteiger partial charge on any atom is 0.248 e. The molecule has 4 heteroatoms. The molecule has 5 aliphatic rings. The van der Waals surface area contributed by atoms with Gasteiger partial charge in [-0.05, 0) is 87.2 Å². The van der Waals surface area contributed by atoms with Crippen LogP contribution in [-0.2, 0) is 5.41 Å². The molecule has 5 aromatic rings. The van der Waals surface area contributed by atoms with E-state index in [-0.39, 0.29) is 18.4 Å². The number of rotatable bonds is 1. The molecule has 5 heterocycles. The first-order chi connectivity index (χ1) is 20.8. The minimum Gasteiger partial charge on any atom is -0.346 e. The quantitative estimate of drug-likeness (QED) is 0.212. The van der Waals surface area contributed by atoms with Crippen LogP contribution in [0.5, 0.6) is 0 Å². The van der Waals surface area contributed by atoms with E-state index in [9.17, 15) is 0 Å². The summed E-state index contributed by atoms with van der Waals surface area (Å²) in [6, 6.07) is 30.1. The number of nitrogens with zero attached hydrogens (tertiary/aromatic N) is 2. The monoisotopic (exact) mass is 555 g/mol. The second-order valence-electron chi connectivity index (χ2n) is 14.1. The highest BCUT2D eigenvalue weighted by Gasteiger charge is 2.55. The van der Waals surface area contributed by atoms with Crippen molar-refractivity contribution >= 4 is 56.6 Å². The highest BCUT2D eigenvalue weighted by molar-refractivity contribution is 7.03. The van der Waals surface area contributed by atoms with E-state index in [0.29, 0.717) is 5.92 Å². The SMILES string of the molecule is Cc1cc2cc3c4c5c2c(c1C)N1c2ccccc2NC1N5C(C(C)C)=C1B4c2c(cccc2C3(C)C)-c2ccccc21. The molecule has 0 amide bonds. The summed E-state index contributed by atoms with van der Waals surface area (Å²) in [5, 5.41) is 6.79. The smallest absolute Gasteiger partial charge is 0.248 e. The lowest BCUT2D eigenvalue weighted by Gasteiger charge is -2.54. The first-order valence-corrected chi connectivity index (χ1v) is 15.8. The van der Waals surface area contributed by atoms with Gasteiger partial charge in [0, 0.05) is 16.5 Å². The van der Waals surface area contributed by atoms with Gasteiger partial charge in [-0.1, -0.05) is 99.9 Å². The molecule has 3 nitrogen and oxygen atoms in total. The first kappa shape index (κ1) is 24.1. The number of nitrogens with one attached hydrogen (secondary N) is 1. The molecule has 10 rings (SSSR count). The fraction of sp³-hybridized carbons (Fsp3) is 0.231. The normalized spacial score (nSPS) is 19.0. The number of para-hydroxylation sites is 2. The summed E-state index contributed by atoms with van der Waals surface area (Å²) in [4.78, 5) is 5.33. The van der Waals surface area contributed by atoms with Gasteiger partial charge in [-0.15, -0.1) is 0 Å². The minimum atomic E-state index is -0.123. The van der Waals surface area contributed by atoms with E-state index >= 15 is 0 Å². The van der Waals surface area contributed by atoms with Crippen molar-refractivity contribution in [2.24, 2.45) is 5.92 Å². The molecule has 0 fully saturated rings. The summed E-state index contributed by atoms with van der Waals surface area (Å²) in [7, 11) is 0. The van der Waals surface area contributed by atoms with Crippen molar-refractivity contribution in [3.05, 3.63) is 112 Å². The van der Waals surface area contributed by atoms with Crippen molar-refractivity contribution < 1.29 is 0 Å². The van der Waals surface area contributed by atoms with Gasteiger partial charge in [0.2, 0.25) is 6.71 Å². The van der Waals surface area contributed by atoms with Gasteiger partial charge < -0.3 is 15.1 Å². The summed E-state index contributed by atoms with van der Waals surface area (Å²) in [5.74, 6) is 0.332. The lowest BCUT2D eigenvalue weighted by atomic mass is 9.26. The van der Waals surface area contributed by atoms with E-state index in [0.717, 1.165) is 0 Å². The minimum absolute atomic E-state index is 0.0280. The third kappa shape index (κ3) is 2.59. The molecular formula is C39H34BN3. The number of fused-ring (bicyclic) bond motifs is 8. The molecule has 0 saturated heterocycles. The number of benzene rings is 5. The van der Waals surface area contributed by atoms with E-state index < -0.39 is 0 Å². The maximum absolute atomic E-state index is 4.03. The zero-order chi connectivity index (χ0) is 29.1.